The molecule has 1 unspecified atom stereocenters. The van der Waals surface area contributed by atoms with E-state index in [0.717, 1.165) is 0 Å². The highest BCUT2D eigenvalue weighted by atomic mass is 16.4. The standard InChI is InChI=1S/C13H24N2O4/c1-9(2)10(3)15(4)13(19)14-11(16)7-5-6-8-12(17)18/h9-10H,5-8H2,1-4H3,(H,17,18)(H,14,16,19). The van der Waals surface area contributed by atoms with Gasteiger partial charge in [0.1, 0.15) is 0 Å². The van der Waals surface area contributed by atoms with E-state index in [2.05, 4.69) is 5.32 Å². The number of aliphatic carboxylic acids is 1. The van der Waals surface area contributed by atoms with Crippen molar-refractivity contribution < 1.29 is 19.5 Å². The van der Waals surface area contributed by atoms with Gasteiger partial charge in [0.05, 0.1) is 0 Å². The van der Waals surface area contributed by atoms with Crippen LogP contribution in [-0.4, -0.2) is 41.0 Å². The van der Waals surface area contributed by atoms with E-state index in [9.17, 15) is 14.4 Å². The quantitative estimate of drug-likeness (QED) is 0.692. The topological polar surface area (TPSA) is 86.7 Å². The lowest BCUT2D eigenvalue weighted by Crippen LogP contribution is -2.46. The predicted octanol–water partition coefficient (Wildman–Crippen LogP) is 1.84. The van der Waals surface area contributed by atoms with Gasteiger partial charge in [-0.2, -0.15) is 0 Å². The first-order chi connectivity index (χ1) is 8.75. The molecule has 0 spiro atoms. The monoisotopic (exact) mass is 272 g/mol. The van der Waals surface area contributed by atoms with Gasteiger partial charge in [-0.15, -0.1) is 0 Å². The second-order valence-corrected chi connectivity index (χ2v) is 5.05. The molecule has 0 bridgehead atoms. The van der Waals surface area contributed by atoms with Crippen LogP contribution in [0.4, 0.5) is 4.79 Å². The van der Waals surface area contributed by atoms with Crippen molar-refractivity contribution in [3.63, 3.8) is 0 Å². The fourth-order valence-electron chi connectivity index (χ4n) is 1.46. The number of nitrogens with one attached hydrogen (secondary N) is 1. The minimum atomic E-state index is -0.873. The van der Waals surface area contributed by atoms with Crippen LogP contribution in [0.2, 0.25) is 0 Å². The number of rotatable bonds is 7. The molecule has 0 rings (SSSR count). The zero-order valence-corrected chi connectivity index (χ0v) is 12.1. The maximum atomic E-state index is 11.7. The average molecular weight is 272 g/mol. The molecule has 0 radical (unpaired) electrons. The Balaban J connectivity index is 3.98. The van der Waals surface area contributed by atoms with Crippen molar-refractivity contribution in [1.29, 1.82) is 0 Å². The Hall–Kier alpha value is -1.59. The maximum absolute atomic E-state index is 11.7. The normalized spacial score (nSPS) is 12.1. The molecule has 0 heterocycles. The van der Waals surface area contributed by atoms with E-state index in [4.69, 9.17) is 5.11 Å². The molecule has 6 nitrogen and oxygen atoms in total. The Morgan fingerprint density at radius 2 is 1.63 bits per heavy atom. The lowest BCUT2D eigenvalue weighted by molar-refractivity contribution is -0.137. The second kappa shape index (κ2) is 8.50. The summed E-state index contributed by atoms with van der Waals surface area (Å²) >= 11 is 0. The van der Waals surface area contributed by atoms with Gasteiger partial charge in [-0.3, -0.25) is 14.9 Å². The third-order valence-electron chi connectivity index (χ3n) is 3.19. The molecule has 0 aromatic carbocycles. The SMILES string of the molecule is CC(C)C(C)N(C)C(=O)NC(=O)CCCCC(=O)O. The molecule has 0 saturated heterocycles. The van der Waals surface area contributed by atoms with Crippen molar-refractivity contribution in [2.45, 2.75) is 52.5 Å². The molecule has 6 heteroatoms. The van der Waals surface area contributed by atoms with Gasteiger partial charge in [0.25, 0.3) is 0 Å². The molecule has 110 valence electrons. The fraction of sp³-hybridized carbons (Fsp3) is 0.769. The average Bonchev–Trinajstić information content (AvgIpc) is 2.32. The number of carbonyl (C=O) groups excluding carboxylic acids is 2. The van der Waals surface area contributed by atoms with Gasteiger partial charge in [0.2, 0.25) is 5.91 Å². The van der Waals surface area contributed by atoms with Crippen molar-refractivity contribution in [3.8, 4) is 0 Å². The van der Waals surface area contributed by atoms with Crippen molar-refractivity contribution in [1.82, 2.24) is 10.2 Å². The van der Waals surface area contributed by atoms with E-state index in [0.29, 0.717) is 18.8 Å². The number of hydrogen-bond donors (Lipinski definition) is 2. The van der Waals surface area contributed by atoms with Crippen molar-refractivity contribution in [2.24, 2.45) is 5.92 Å². The number of carboxylic acids is 1. The number of amides is 3. The summed E-state index contributed by atoms with van der Waals surface area (Å²) in [5, 5.41) is 10.8. The summed E-state index contributed by atoms with van der Waals surface area (Å²) in [5.74, 6) is -0.929. The van der Waals surface area contributed by atoms with E-state index in [-0.39, 0.29) is 24.8 Å². The molecule has 3 amide bonds. The summed E-state index contributed by atoms with van der Waals surface area (Å²) in [5.41, 5.74) is 0. The molecule has 19 heavy (non-hydrogen) atoms. The van der Waals surface area contributed by atoms with E-state index in [1.165, 1.54) is 4.90 Å². The molecular formula is C13H24N2O4. The van der Waals surface area contributed by atoms with Crippen LogP contribution in [-0.2, 0) is 9.59 Å². The smallest absolute Gasteiger partial charge is 0.324 e. The zero-order chi connectivity index (χ0) is 15.0. The second-order valence-electron chi connectivity index (χ2n) is 5.05. The maximum Gasteiger partial charge on any atom is 0.324 e. The lowest BCUT2D eigenvalue weighted by Gasteiger charge is -2.27. The molecule has 0 saturated carbocycles. The van der Waals surface area contributed by atoms with Crippen LogP contribution in [0.5, 0.6) is 0 Å². The Morgan fingerprint density at radius 1 is 1.11 bits per heavy atom. The summed E-state index contributed by atoms with van der Waals surface area (Å²) in [6.45, 7) is 5.92. The third-order valence-corrected chi connectivity index (χ3v) is 3.19. The van der Waals surface area contributed by atoms with E-state index >= 15 is 0 Å². The summed E-state index contributed by atoms with van der Waals surface area (Å²) in [7, 11) is 1.65. The van der Waals surface area contributed by atoms with Crippen LogP contribution in [0.1, 0.15) is 46.5 Å². The van der Waals surface area contributed by atoms with Crippen LogP contribution in [0, 0.1) is 5.92 Å². The summed E-state index contributed by atoms with van der Waals surface area (Å²) in [4.78, 5) is 35.0. The number of hydrogen-bond acceptors (Lipinski definition) is 3. The van der Waals surface area contributed by atoms with Gasteiger partial charge in [-0.25, -0.2) is 4.79 Å². The summed E-state index contributed by atoms with van der Waals surface area (Å²) < 4.78 is 0. The Kier molecular flexibility index (Phi) is 7.79. The van der Waals surface area contributed by atoms with Gasteiger partial charge in [-0.05, 0) is 25.7 Å². The van der Waals surface area contributed by atoms with Crippen LogP contribution < -0.4 is 5.32 Å². The summed E-state index contributed by atoms with van der Waals surface area (Å²) in [6.07, 6.45) is 1.12. The Labute approximate surface area is 114 Å². The van der Waals surface area contributed by atoms with E-state index in [1.807, 2.05) is 20.8 Å². The van der Waals surface area contributed by atoms with Crippen LogP contribution in [0.25, 0.3) is 0 Å². The van der Waals surface area contributed by atoms with Crippen molar-refractivity contribution >= 4 is 17.9 Å². The number of carbonyl (C=O) groups is 3. The molecule has 2 N–H and O–H groups in total. The molecule has 0 fully saturated rings. The minimum Gasteiger partial charge on any atom is -0.481 e. The first kappa shape index (κ1) is 17.4. The van der Waals surface area contributed by atoms with Crippen molar-refractivity contribution in [3.05, 3.63) is 0 Å². The van der Waals surface area contributed by atoms with Crippen LogP contribution in [0.3, 0.4) is 0 Å². The number of urea groups is 1. The van der Waals surface area contributed by atoms with E-state index < -0.39 is 12.0 Å². The van der Waals surface area contributed by atoms with E-state index in [1.54, 1.807) is 7.05 Å². The van der Waals surface area contributed by atoms with Gasteiger partial charge in [0, 0.05) is 25.9 Å². The molecule has 0 aliphatic heterocycles. The highest BCUT2D eigenvalue weighted by Crippen LogP contribution is 2.08. The summed E-state index contributed by atoms with van der Waals surface area (Å²) in [6, 6.07) is -0.371. The molecule has 1 atom stereocenters. The number of unbranched alkanes of at least 4 members (excludes halogenated alkanes) is 1. The van der Waals surface area contributed by atoms with Gasteiger partial charge in [-0.1, -0.05) is 13.8 Å². The zero-order valence-electron chi connectivity index (χ0n) is 12.1. The highest BCUT2D eigenvalue weighted by Gasteiger charge is 2.19. The number of nitrogens with zero attached hydrogens (tertiary/aromatic N) is 1. The largest absolute Gasteiger partial charge is 0.481 e. The van der Waals surface area contributed by atoms with Gasteiger partial charge in [0.15, 0.2) is 0 Å². The molecule has 0 aromatic heterocycles. The van der Waals surface area contributed by atoms with Gasteiger partial charge >= 0.3 is 12.0 Å². The predicted molar refractivity (Wildman–Crippen MR) is 71.7 cm³/mol. The fourth-order valence-corrected chi connectivity index (χ4v) is 1.46. The van der Waals surface area contributed by atoms with Crippen molar-refractivity contribution in [2.75, 3.05) is 7.05 Å². The molecular weight excluding hydrogens is 248 g/mol. The van der Waals surface area contributed by atoms with Gasteiger partial charge < -0.3 is 10.0 Å². The first-order valence-electron chi connectivity index (χ1n) is 6.54. The van der Waals surface area contributed by atoms with Crippen LogP contribution in [0.15, 0.2) is 0 Å². The number of carboxylic acid groups (broad SMARTS) is 1. The molecule has 0 aliphatic carbocycles. The van der Waals surface area contributed by atoms with Crippen LogP contribution >= 0.6 is 0 Å². The third kappa shape index (κ3) is 7.43. The minimum absolute atomic E-state index is 0.0415. The molecule has 0 aromatic rings. The molecule has 0 aliphatic rings. The first-order valence-corrected chi connectivity index (χ1v) is 6.54. The lowest BCUT2D eigenvalue weighted by atomic mass is 10.1. The Bertz CT molecular complexity index is 329. The number of imide groups is 1. The highest BCUT2D eigenvalue weighted by molar-refractivity contribution is 5.94. The Morgan fingerprint density at radius 3 is 2.11 bits per heavy atom.